The van der Waals surface area contributed by atoms with Gasteiger partial charge in [-0.3, -0.25) is 0 Å². The van der Waals surface area contributed by atoms with E-state index in [4.69, 9.17) is 18.6 Å². The topological polar surface area (TPSA) is 54.0 Å². The van der Waals surface area contributed by atoms with E-state index in [1.54, 1.807) is 6.92 Å². The largest absolute Gasteiger partial charge is 0.459 e. The molecule has 0 aliphatic heterocycles. The molecule has 0 aromatic rings. The van der Waals surface area contributed by atoms with E-state index in [-0.39, 0.29) is 18.0 Å². The van der Waals surface area contributed by atoms with Crippen molar-refractivity contribution in [1.82, 2.24) is 0 Å². The highest BCUT2D eigenvalue weighted by Gasteiger charge is 2.41. The van der Waals surface area contributed by atoms with Crippen LogP contribution in [0.3, 0.4) is 0 Å². The molecular formula is C19H38O5Si. The second-order valence-corrected chi connectivity index (χ2v) is 6.96. The van der Waals surface area contributed by atoms with Gasteiger partial charge in [0, 0.05) is 11.5 Å². The first kappa shape index (κ1) is 24.3. The Hall–Kier alpha value is -0.693. The predicted octanol–water partition coefficient (Wildman–Crippen LogP) is 3.49. The number of hydrogen-bond donors (Lipinski definition) is 0. The van der Waals surface area contributed by atoms with Crippen LogP contribution in [-0.2, 0) is 23.4 Å². The molecule has 0 N–H and O–H groups in total. The maximum absolute atomic E-state index is 11.8. The summed E-state index contributed by atoms with van der Waals surface area (Å²) in [5, 5.41) is 0. The Bertz CT molecular complexity index is 376. The maximum Gasteiger partial charge on any atom is 0.333 e. The van der Waals surface area contributed by atoms with Gasteiger partial charge in [-0.2, -0.15) is 0 Å². The lowest BCUT2D eigenvalue weighted by Crippen LogP contribution is -2.47. The molecule has 2 unspecified atom stereocenters. The highest BCUT2D eigenvalue weighted by molar-refractivity contribution is 5.98. The fraction of sp³-hybridized carbons (Fsp3) is 0.842. The number of ether oxygens (including phenoxy) is 3. The quantitative estimate of drug-likeness (QED) is 0.144. The molecule has 0 rings (SSSR count). The van der Waals surface area contributed by atoms with Gasteiger partial charge in [-0.25, -0.2) is 4.79 Å². The molecule has 0 amide bonds. The fourth-order valence-electron chi connectivity index (χ4n) is 2.57. The van der Waals surface area contributed by atoms with Crippen molar-refractivity contribution in [2.24, 2.45) is 5.92 Å². The molecule has 0 saturated heterocycles. The maximum atomic E-state index is 11.8. The summed E-state index contributed by atoms with van der Waals surface area (Å²) in [7, 11) is 0.509. The Morgan fingerprint density at radius 2 is 1.64 bits per heavy atom. The highest BCUT2D eigenvalue weighted by atomic mass is 28.2. The molecule has 0 aromatic heterocycles. The van der Waals surface area contributed by atoms with E-state index in [1.807, 2.05) is 6.92 Å². The van der Waals surface area contributed by atoms with E-state index in [1.165, 1.54) is 0 Å². The smallest absolute Gasteiger partial charge is 0.333 e. The number of esters is 1. The van der Waals surface area contributed by atoms with E-state index < -0.39 is 5.97 Å². The molecule has 0 spiro atoms. The number of unbranched alkanes of at least 4 members (excludes halogenated alkanes) is 2. The average Bonchev–Trinajstić information content (AvgIpc) is 2.58. The molecule has 6 heteroatoms. The van der Waals surface area contributed by atoms with Gasteiger partial charge < -0.3 is 18.6 Å². The molecule has 0 bridgehead atoms. The molecule has 0 saturated carbocycles. The minimum atomic E-state index is -1.03. The van der Waals surface area contributed by atoms with Crippen LogP contribution in [-0.4, -0.2) is 41.7 Å². The van der Waals surface area contributed by atoms with Gasteiger partial charge in [-0.1, -0.05) is 40.2 Å². The Morgan fingerprint density at radius 3 is 2.00 bits per heavy atom. The first-order valence-electron chi connectivity index (χ1n) is 9.56. The van der Waals surface area contributed by atoms with E-state index in [0.29, 0.717) is 35.7 Å². The van der Waals surface area contributed by atoms with Gasteiger partial charge in [-0.05, 0) is 39.5 Å². The van der Waals surface area contributed by atoms with Crippen LogP contribution in [0.1, 0.15) is 73.1 Å². The van der Waals surface area contributed by atoms with Crippen LogP contribution >= 0.6 is 0 Å². The van der Waals surface area contributed by atoms with Crippen molar-refractivity contribution < 1.29 is 23.4 Å². The first-order chi connectivity index (χ1) is 11.9. The molecule has 0 radical (unpaired) electrons. The Labute approximate surface area is 157 Å². The number of hydrogen-bond acceptors (Lipinski definition) is 5. The molecule has 0 aliphatic carbocycles. The number of rotatable bonds is 15. The van der Waals surface area contributed by atoms with Crippen molar-refractivity contribution in [3.8, 4) is 0 Å². The molecule has 5 nitrogen and oxygen atoms in total. The van der Waals surface area contributed by atoms with E-state index in [2.05, 4.69) is 27.4 Å². The zero-order valence-corrected chi connectivity index (χ0v) is 19.1. The molecule has 25 heavy (non-hydrogen) atoms. The third-order valence-corrected chi connectivity index (χ3v) is 4.72. The van der Waals surface area contributed by atoms with E-state index in [0.717, 1.165) is 32.1 Å². The van der Waals surface area contributed by atoms with Crippen LogP contribution in [0.4, 0.5) is 0 Å². The second kappa shape index (κ2) is 13.5. The lowest BCUT2D eigenvalue weighted by atomic mass is 9.96. The lowest BCUT2D eigenvalue weighted by molar-refractivity contribution is -0.373. The SMILES string of the molecule is C=C(C)C(=O)OC(C)CC(CC)C(O[SiH3])(OCCCC)OCCCC. The van der Waals surface area contributed by atoms with Crippen molar-refractivity contribution in [1.29, 1.82) is 0 Å². The Balaban J connectivity index is 5.09. The van der Waals surface area contributed by atoms with Gasteiger partial charge in [0.2, 0.25) is 0 Å². The monoisotopic (exact) mass is 374 g/mol. The minimum absolute atomic E-state index is 0.00775. The van der Waals surface area contributed by atoms with Gasteiger partial charge in [0.1, 0.15) is 0 Å². The van der Waals surface area contributed by atoms with Crippen LogP contribution in [0.25, 0.3) is 0 Å². The molecule has 0 aromatic carbocycles. The first-order valence-corrected chi connectivity index (χ1v) is 10.4. The molecule has 0 aliphatic rings. The van der Waals surface area contributed by atoms with E-state index >= 15 is 0 Å². The highest BCUT2D eigenvalue weighted by Crippen LogP contribution is 2.32. The van der Waals surface area contributed by atoms with Crippen LogP contribution in [0.15, 0.2) is 12.2 Å². The zero-order chi connectivity index (χ0) is 19.3. The standard InChI is InChI=1S/C19H38O5Si/c1-7-10-12-21-19(24-25,22-13-11-8-2)17(9-3)14-16(6)23-18(20)15(4)5/h16-17H,4,7-14H2,1-3,5-6,25H3. The summed E-state index contributed by atoms with van der Waals surface area (Å²) in [6.07, 6.45) is 5.20. The Morgan fingerprint density at radius 1 is 1.12 bits per heavy atom. The van der Waals surface area contributed by atoms with Crippen molar-refractivity contribution >= 4 is 16.5 Å². The summed E-state index contributed by atoms with van der Waals surface area (Å²) in [5.41, 5.74) is 0.406. The van der Waals surface area contributed by atoms with Crippen LogP contribution < -0.4 is 0 Å². The third kappa shape index (κ3) is 8.99. The van der Waals surface area contributed by atoms with Gasteiger partial charge in [0.05, 0.1) is 19.3 Å². The van der Waals surface area contributed by atoms with Gasteiger partial charge in [0.15, 0.2) is 10.5 Å². The lowest BCUT2D eigenvalue weighted by Gasteiger charge is -2.39. The summed E-state index contributed by atoms with van der Waals surface area (Å²) >= 11 is 0. The van der Waals surface area contributed by atoms with Crippen LogP contribution in [0.5, 0.6) is 0 Å². The van der Waals surface area contributed by atoms with Gasteiger partial charge >= 0.3 is 5.97 Å². The van der Waals surface area contributed by atoms with Crippen LogP contribution in [0.2, 0.25) is 0 Å². The molecule has 148 valence electrons. The fourth-order valence-corrected chi connectivity index (χ4v) is 3.14. The molecule has 0 fully saturated rings. The summed E-state index contributed by atoms with van der Waals surface area (Å²) in [6.45, 7) is 14.7. The van der Waals surface area contributed by atoms with Gasteiger partial charge in [-0.15, -0.1) is 0 Å². The molecule has 2 atom stereocenters. The zero-order valence-electron chi connectivity index (χ0n) is 17.1. The minimum Gasteiger partial charge on any atom is -0.459 e. The number of carbonyl (C=O) groups excluding carboxylic acids is 1. The van der Waals surface area contributed by atoms with Crippen molar-refractivity contribution in [3.05, 3.63) is 12.2 Å². The summed E-state index contributed by atoms with van der Waals surface area (Å²) < 4.78 is 23.5. The number of carbonyl (C=O) groups is 1. The summed E-state index contributed by atoms with van der Waals surface area (Å²) in [4.78, 5) is 11.8. The van der Waals surface area contributed by atoms with Gasteiger partial charge in [0.25, 0.3) is 5.97 Å². The predicted molar refractivity (Wildman–Crippen MR) is 104 cm³/mol. The van der Waals surface area contributed by atoms with Crippen molar-refractivity contribution in [2.75, 3.05) is 13.2 Å². The third-order valence-electron chi connectivity index (χ3n) is 4.15. The summed E-state index contributed by atoms with van der Waals surface area (Å²) in [6, 6.07) is 0. The summed E-state index contributed by atoms with van der Waals surface area (Å²) in [5.74, 6) is -1.40. The normalized spacial score (nSPS) is 14.3. The van der Waals surface area contributed by atoms with Crippen molar-refractivity contribution in [3.63, 3.8) is 0 Å². The van der Waals surface area contributed by atoms with Crippen LogP contribution in [0, 0.1) is 5.92 Å². The molecular weight excluding hydrogens is 336 g/mol. The second-order valence-electron chi connectivity index (χ2n) is 6.55. The molecule has 0 heterocycles. The average molecular weight is 375 g/mol. The Kier molecular flexibility index (Phi) is 13.1. The van der Waals surface area contributed by atoms with E-state index in [9.17, 15) is 4.79 Å². The van der Waals surface area contributed by atoms with Crippen molar-refractivity contribution in [2.45, 2.75) is 85.2 Å².